The summed E-state index contributed by atoms with van der Waals surface area (Å²) in [5.41, 5.74) is 3.52. The maximum Gasteiger partial charge on any atom is 0.341 e. The predicted molar refractivity (Wildman–Crippen MR) is 115 cm³/mol. The van der Waals surface area contributed by atoms with Crippen molar-refractivity contribution < 1.29 is 9.53 Å². The molecule has 0 unspecified atom stereocenters. The van der Waals surface area contributed by atoms with Gasteiger partial charge < -0.3 is 20.3 Å². The zero-order valence-electron chi connectivity index (χ0n) is 15.8. The summed E-state index contributed by atoms with van der Waals surface area (Å²) in [4.78, 5) is 15.4. The van der Waals surface area contributed by atoms with Crippen LogP contribution in [0.5, 0.6) is 0 Å². The Bertz CT molecular complexity index is 781. The molecule has 140 valence electrons. The zero-order valence-corrected chi connectivity index (χ0v) is 17.4. The van der Waals surface area contributed by atoms with E-state index in [1.807, 2.05) is 26.0 Å². The molecular formula is C19H25N3O2S2. The highest BCUT2D eigenvalue weighted by atomic mass is 32.1. The number of ether oxygens (including phenoxy) is 1. The third-order valence-corrected chi connectivity index (χ3v) is 5.58. The van der Waals surface area contributed by atoms with Crippen LogP contribution in [0.2, 0.25) is 0 Å². The summed E-state index contributed by atoms with van der Waals surface area (Å²) in [6, 6.07) is 8.12. The summed E-state index contributed by atoms with van der Waals surface area (Å²) < 4.78 is 4.89. The van der Waals surface area contributed by atoms with E-state index in [2.05, 4.69) is 41.5 Å². The topological polar surface area (TPSA) is 53.6 Å². The predicted octanol–water partition coefficient (Wildman–Crippen LogP) is 4.81. The highest BCUT2D eigenvalue weighted by molar-refractivity contribution is 7.80. The SMILES string of the molecule is CCN(CC)c1ccc(NC(=S)Nc2sc(C)c(C)c2C(=O)OC)cc1. The van der Waals surface area contributed by atoms with Gasteiger partial charge in [-0.3, -0.25) is 0 Å². The molecule has 7 heteroatoms. The van der Waals surface area contributed by atoms with Crippen LogP contribution in [0.1, 0.15) is 34.6 Å². The van der Waals surface area contributed by atoms with E-state index >= 15 is 0 Å². The molecule has 0 saturated heterocycles. The van der Waals surface area contributed by atoms with Crippen LogP contribution in [-0.4, -0.2) is 31.3 Å². The second-order valence-electron chi connectivity index (χ2n) is 5.78. The van der Waals surface area contributed by atoms with Crippen molar-refractivity contribution in [2.45, 2.75) is 27.7 Å². The molecule has 0 aliphatic rings. The molecule has 1 heterocycles. The number of thiophene rings is 1. The second-order valence-corrected chi connectivity index (χ2v) is 7.41. The fourth-order valence-electron chi connectivity index (χ4n) is 2.67. The number of thiocarbonyl (C=S) groups is 1. The maximum absolute atomic E-state index is 12.0. The van der Waals surface area contributed by atoms with Gasteiger partial charge in [-0.15, -0.1) is 11.3 Å². The van der Waals surface area contributed by atoms with Gasteiger partial charge in [0.15, 0.2) is 5.11 Å². The van der Waals surface area contributed by atoms with Crippen LogP contribution >= 0.6 is 23.6 Å². The van der Waals surface area contributed by atoms with Crippen molar-refractivity contribution in [1.82, 2.24) is 0 Å². The number of carbonyl (C=O) groups is 1. The normalized spacial score (nSPS) is 10.3. The summed E-state index contributed by atoms with van der Waals surface area (Å²) in [5.74, 6) is -0.360. The minimum atomic E-state index is -0.360. The lowest BCUT2D eigenvalue weighted by atomic mass is 10.1. The van der Waals surface area contributed by atoms with Crippen molar-refractivity contribution in [3.05, 3.63) is 40.3 Å². The molecule has 1 aromatic carbocycles. The molecule has 0 saturated carbocycles. The Morgan fingerprint density at radius 2 is 1.77 bits per heavy atom. The second kappa shape index (κ2) is 9.00. The lowest BCUT2D eigenvalue weighted by Crippen LogP contribution is -2.22. The first-order valence-corrected chi connectivity index (χ1v) is 9.75. The Morgan fingerprint density at radius 3 is 2.31 bits per heavy atom. The summed E-state index contributed by atoms with van der Waals surface area (Å²) in [5, 5.41) is 7.42. The van der Waals surface area contributed by atoms with Crippen molar-refractivity contribution in [3.63, 3.8) is 0 Å². The number of nitrogens with zero attached hydrogens (tertiary/aromatic N) is 1. The third-order valence-electron chi connectivity index (χ3n) is 4.26. The summed E-state index contributed by atoms with van der Waals surface area (Å²) >= 11 is 6.89. The molecule has 5 nitrogen and oxygen atoms in total. The molecule has 26 heavy (non-hydrogen) atoms. The molecule has 0 aliphatic heterocycles. The number of anilines is 3. The van der Waals surface area contributed by atoms with E-state index in [0.29, 0.717) is 15.7 Å². The molecule has 1 aromatic heterocycles. The van der Waals surface area contributed by atoms with Crippen LogP contribution in [-0.2, 0) is 4.74 Å². The van der Waals surface area contributed by atoms with E-state index in [9.17, 15) is 4.79 Å². The maximum atomic E-state index is 12.0. The minimum absolute atomic E-state index is 0.360. The monoisotopic (exact) mass is 391 g/mol. The van der Waals surface area contributed by atoms with Gasteiger partial charge in [-0.05, 0) is 69.7 Å². The van der Waals surface area contributed by atoms with Gasteiger partial charge in [-0.2, -0.15) is 0 Å². The summed E-state index contributed by atoms with van der Waals surface area (Å²) in [6.45, 7) is 10.1. The van der Waals surface area contributed by atoms with E-state index < -0.39 is 0 Å². The van der Waals surface area contributed by atoms with Gasteiger partial charge in [0, 0.05) is 29.3 Å². The molecule has 0 fully saturated rings. The van der Waals surface area contributed by atoms with Gasteiger partial charge in [-0.25, -0.2) is 4.79 Å². The molecule has 2 aromatic rings. The number of rotatable bonds is 6. The number of methoxy groups -OCH3 is 1. The molecule has 2 rings (SSSR count). The van der Waals surface area contributed by atoms with Crippen LogP contribution in [0, 0.1) is 13.8 Å². The lowest BCUT2D eigenvalue weighted by Gasteiger charge is -2.21. The number of hydrogen-bond acceptors (Lipinski definition) is 5. The first-order chi connectivity index (χ1) is 12.4. The van der Waals surface area contributed by atoms with Crippen LogP contribution in [0.15, 0.2) is 24.3 Å². The number of esters is 1. The van der Waals surface area contributed by atoms with Gasteiger partial charge in [-0.1, -0.05) is 0 Å². The van der Waals surface area contributed by atoms with E-state index in [4.69, 9.17) is 17.0 Å². The molecule has 0 amide bonds. The van der Waals surface area contributed by atoms with Crippen molar-refractivity contribution >= 4 is 51.0 Å². The largest absolute Gasteiger partial charge is 0.465 e. The molecule has 2 N–H and O–H groups in total. The number of benzene rings is 1. The summed E-state index contributed by atoms with van der Waals surface area (Å²) in [7, 11) is 1.38. The van der Waals surface area contributed by atoms with Gasteiger partial charge in [0.1, 0.15) is 5.00 Å². The van der Waals surface area contributed by atoms with E-state index in [1.54, 1.807) is 0 Å². The number of carbonyl (C=O) groups excluding carboxylic acids is 1. The van der Waals surface area contributed by atoms with Gasteiger partial charge in [0.25, 0.3) is 0 Å². The number of nitrogens with one attached hydrogen (secondary N) is 2. The van der Waals surface area contributed by atoms with E-state index in [-0.39, 0.29) is 5.97 Å². The fourth-order valence-corrected chi connectivity index (χ4v) is 4.01. The van der Waals surface area contributed by atoms with Crippen molar-refractivity contribution in [3.8, 4) is 0 Å². The average Bonchev–Trinajstić information content (AvgIpc) is 2.90. The Morgan fingerprint density at radius 1 is 1.15 bits per heavy atom. The molecule has 0 aliphatic carbocycles. The van der Waals surface area contributed by atoms with Crippen molar-refractivity contribution in [2.24, 2.45) is 0 Å². The zero-order chi connectivity index (χ0) is 19.3. The molecule has 0 spiro atoms. The van der Waals surface area contributed by atoms with E-state index in [1.165, 1.54) is 24.1 Å². The Labute approximate surface area is 164 Å². The molecule has 0 atom stereocenters. The Kier molecular flexibility index (Phi) is 6.99. The first kappa shape index (κ1) is 20.2. The smallest absolute Gasteiger partial charge is 0.341 e. The number of aryl methyl sites for hydroxylation is 1. The summed E-state index contributed by atoms with van der Waals surface area (Å²) in [6.07, 6.45) is 0. The van der Waals surface area contributed by atoms with Crippen molar-refractivity contribution in [1.29, 1.82) is 0 Å². The minimum Gasteiger partial charge on any atom is -0.465 e. The Hall–Kier alpha value is -2.12. The van der Waals surface area contributed by atoms with Crippen LogP contribution in [0.4, 0.5) is 16.4 Å². The van der Waals surface area contributed by atoms with Crippen LogP contribution < -0.4 is 15.5 Å². The lowest BCUT2D eigenvalue weighted by molar-refractivity contribution is 0.0601. The van der Waals surface area contributed by atoms with Crippen LogP contribution in [0.25, 0.3) is 0 Å². The average molecular weight is 392 g/mol. The van der Waals surface area contributed by atoms with Gasteiger partial charge in [0.05, 0.1) is 12.7 Å². The van der Waals surface area contributed by atoms with E-state index in [0.717, 1.165) is 29.2 Å². The highest BCUT2D eigenvalue weighted by Gasteiger charge is 2.20. The molecule has 0 radical (unpaired) electrons. The van der Waals surface area contributed by atoms with Crippen LogP contribution in [0.3, 0.4) is 0 Å². The Balaban J connectivity index is 2.10. The first-order valence-electron chi connectivity index (χ1n) is 8.52. The fraction of sp³-hybridized carbons (Fsp3) is 0.368. The standard InChI is InChI=1S/C19H25N3O2S2/c1-6-22(7-2)15-10-8-14(9-11-15)20-19(25)21-17-16(18(23)24-5)12(3)13(4)26-17/h8-11H,6-7H2,1-5H3,(H2,20,21,25). The third kappa shape index (κ3) is 4.53. The van der Waals surface area contributed by atoms with Gasteiger partial charge >= 0.3 is 5.97 Å². The van der Waals surface area contributed by atoms with Gasteiger partial charge in [0.2, 0.25) is 0 Å². The molecular weight excluding hydrogens is 366 g/mol. The molecule has 0 bridgehead atoms. The highest BCUT2D eigenvalue weighted by Crippen LogP contribution is 2.33. The number of hydrogen-bond donors (Lipinski definition) is 2. The quantitative estimate of drug-likeness (QED) is 0.545. The van der Waals surface area contributed by atoms with Crippen molar-refractivity contribution in [2.75, 3.05) is 35.7 Å².